The lowest BCUT2D eigenvalue weighted by Gasteiger charge is -2.36. The normalized spacial score (nSPS) is 35.9. The molecule has 0 amide bonds. The number of nitrogens with zero attached hydrogens (tertiary/aromatic N) is 1. The van der Waals surface area contributed by atoms with Gasteiger partial charge < -0.3 is 5.32 Å². The van der Waals surface area contributed by atoms with Crippen molar-refractivity contribution < 1.29 is 4.21 Å². The second-order valence-corrected chi connectivity index (χ2v) is 8.34. The standard InChI is InChI=1S/C13H24N2OS2/c1-3-18(16)8-7-14-12-15-13(10-17-12)6-4-5-11(2)9-13/h11H,3-10H2,1-2H3,(H,14,15). The SMILES string of the molecule is CCS(=O)CCN=C1NC2(CCCC(C)C2)CS1. The van der Waals surface area contributed by atoms with Gasteiger partial charge in [0.15, 0.2) is 5.17 Å². The van der Waals surface area contributed by atoms with Gasteiger partial charge in [-0.25, -0.2) is 0 Å². The molecule has 0 bridgehead atoms. The fourth-order valence-electron chi connectivity index (χ4n) is 2.89. The molecule has 2 fully saturated rings. The van der Waals surface area contributed by atoms with Crippen LogP contribution in [-0.2, 0) is 10.8 Å². The molecule has 3 unspecified atom stereocenters. The average Bonchev–Trinajstić information content (AvgIpc) is 2.71. The molecule has 0 aromatic heterocycles. The minimum Gasteiger partial charge on any atom is -0.359 e. The largest absolute Gasteiger partial charge is 0.359 e. The second kappa shape index (κ2) is 6.42. The average molecular weight is 288 g/mol. The van der Waals surface area contributed by atoms with Crippen molar-refractivity contribution in [3.63, 3.8) is 0 Å². The van der Waals surface area contributed by atoms with E-state index in [2.05, 4.69) is 17.2 Å². The maximum atomic E-state index is 11.3. The maximum absolute atomic E-state index is 11.3. The highest BCUT2D eigenvalue weighted by Crippen LogP contribution is 2.38. The van der Waals surface area contributed by atoms with Gasteiger partial charge in [0.25, 0.3) is 0 Å². The minimum atomic E-state index is -0.690. The molecule has 1 saturated carbocycles. The minimum absolute atomic E-state index is 0.311. The third kappa shape index (κ3) is 3.73. The van der Waals surface area contributed by atoms with Crippen molar-refractivity contribution in [3.05, 3.63) is 0 Å². The summed E-state index contributed by atoms with van der Waals surface area (Å²) < 4.78 is 11.3. The monoisotopic (exact) mass is 288 g/mol. The first-order valence-corrected chi connectivity index (χ1v) is 9.41. The highest BCUT2D eigenvalue weighted by Gasteiger charge is 2.40. The van der Waals surface area contributed by atoms with E-state index in [1.165, 1.54) is 25.7 Å². The van der Waals surface area contributed by atoms with Gasteiger partial charge in [-0.05, 0) is 18.8 Å². The Morgan fingerprint density at radius 3 is 3.17 bits per heavy atom. The van der Waals surface area contributed by atoms with Crippen molar-refractivity contribution >= 4 is 27.7 Å². The zero-order valence-corrected chi connectivity index (χ0v) is 13.0. The number of hydrogen-bond acceptors (Lipinski definition) is 3. The molecule has 3 atom stereocenters. The molecule has 0 aromatic carbocycles. The lowest BCUT2D eigenvalue weighted by Crippen LogP contribution is -2.47. The van der Waals surface area contributed by atoms with E-state index < -0.39 is 10.8 Å². The van der Waals surface area contributed by atoms with Crippen LogP contribution < -0.4 is 5.32 Å². The van der Waals surface area contributed by atoms with Crippen LogP contribution in [0.15, 0.2) is 4.99 Å². The molecule has 1 spiro atoms. The summed E-state index contributed by atoms with van der Waals surface area (Å²) in [6, 6.07) is 0. The van der Waals surface area contributed by atoms with Gasteiger partial charge in [-0.1, -0.05) is 38.5 Å². The molecular formula is C13H24N2OS2. The molecule has 2 aliphatic rings. The highest BCUT2D eigenvalue weighted by atomic mass is 32.2. The first kappa shape index (κ1) is 14.4. The van der Waals surface area contributed by atoms with Crippen molar-refractivity contribution in [2.45, 2.75) is 45.1 Å². The molecule has 1 aliphatic carbocycles. The van der Waals surface area contributed by atoms with Gasteiger partial charge in [0.2, 0.25) is 0 Å². The number of nitrogens with one attached hydrogen (secondary N) is 1. The summed E-state index contributed by atoms with van der Waals surface area (Å²) in [4.78, 5) is 4.56. The smallest absolute Gasteiger partial charge is 0.157 e. The van der Waals surface area contributed by atoms with Crippen LogP contribution >= 0.6 is 11.8 Å². The van der Waals surface area contributed by atoms with Gasteiger partial charge in [0, 0.05) is 33.6 Å². The number of aliphatic imine (C=N–C) groups is 1. The van der Waals surface area contributed by atoms with Crippen LogP contribution in [0, 0.1) is 5.92 Å². The quantitative estimate of drug-likeness (QED) is 0.863. The van der Waals surface area contributed by atoms with Crippen LogP contribution in [0.1, 0.15) is 39.5 Å². The van der Waals surface area contributed by atoms with Crippen LogP contribution in [-0.4, -0.2) is 38.7 Å². The summed E-state index contributed by atoms with van der Waals surface area (Å²) in [6.07, 6.45) is 5.27. The Morgan fingerprint density at radius 1 is 1.61 bits per heavy atom. The predicted molar refractivity (Wildman–Crippen MR) is 81.8 cm³/mol. The second-order valence-electron chi connectivity index (χ2n) is 5.52. The molecule has 1 N–H and O–H groups in total. The Balaban J connectivity index is 1.83. The molecule has 5 heteroatoms. The van der Waals surface area contributed by atoms with E-state index in [1.807, 2.05) is 18.7 Å². The third-order valence-electron chi connectivity index (χ3n) is 3.85. The van der Waals surface area contributed by atoms with Gasteiger partial charge in [-0.2, -0.15) is 0 Å². The number of thioether (sulfide) groups is 1. The van der Waals surface area contributed by atoms with E-state index in [9.17, 15) is 4.21 Å². The van der Waals surface area contributed by atoms with Crippen molar-refractivity contribution in [1.82, 2.24) is 5.32 Å². The number of hydrogen-bond donors (Lipinski definition) is 1. The topological polar surface area (TPSA) is 41.5 Å². The van der Waals surface area contributed by atoms with E-state index in [0.29, 0.717) is 17.8 Å². The Morgan fingerprint density at radius 2 is 2.44 bits per heavy atom. The Labute approximate surface area is 117 Å². The van der Waals surface area contributed by atoms with Crippen LogP contribution in [0.5, 0.6) is 0 Å². The van der Waals surface area contributed by atoms with E-state index in [0.717, 1.165) is 22.6 Å². The lowest BCUT2D eigenvalue weighted by molar-refractivity contribution is 0.242. The maximum Gasteiger partial charge on any atom is 0.157 e. The van der Waals surface area contributed by atoms with Crippen molar-refractivity contribution in [1.29, 1.82) is 0 Å². The predicted octanol–water partition coefficient (Wildman–Crippen LogP) is 2.40. The Bertz CT molecular complexity index is 346. The summed E-state index contributed by atoms with van der Waals surface area (Å²) in [5.41, 5.74) is 0.311. The molecule has 0 radical (unpaired) electrons. The fourth-order valence-corrected chi connectivity index (χ4v) is 4.69. The van der Waals surface area contributed by atoms with Crippen molar-refractivity contribution in [2.24, 2.45) is 10.9 Å². The molecule has 104 valence electrons. The molecular weight excluding hydrogens is 264 g/mol. The molecule has 3 nitrogen and oxygen atoms in total. The van der Waals surface area contributed by atoms with Gasteiger partial charge in [0.1, 0.15) is 0 Å². The van der Waals surface area contributed by atoms with Crippen LogP contribution in [0.4, 0.5) is 0 Å². The van der Waals surface area contributed by atoms with Gasteiger partial charge in [-0.3, -0.25) is 9.20 Å². The summed E-state index contributed by atoms with van der Waals surface area (Å²) >= 11 is 1.85. The molecule has 1 aliphatic heterocycles. The molecule has 1 heterocycles. The van der Waals surface area contributed by atoms with Crippen LogP contribution in [0.3, 0.4) is 0 Å². The number of rotatable bonds is 4. The zero-order valence-electron chi connectivity index (χ0n) is 11.4. The molecule has 0 aromatic rings. The number of amidine groups is 1. The molecule has 2 rings (SSSR count). The summed E-state index contributed by atoms with van der Waals surface area (Å²) in [5.74, 6) is 3.43. The van der Waals surface area contributed by atoms with E-state index in [4.69, 9.17) is 0 Å². The van der Waals surface area contributed by atoms with E-state index in [-0.39, 0.29) is 0 Å². The van der Waals surface area contributed by atoms with Gasteiger partial charge >= 0.3 is 0 Å². The Hall–Kier alpha value is -0.0300. The van der Waals surface area contributed by atoms with Crippen LogP contribution in [0.25, 0.3) is 0 Å². The molecule has 1 saturated heterocycles. The molecule has 18 heavy (non-hydrogen) atoms. The first-order valence-electron chi connectivity index (χ1n) is 6.94. The van der Waals surface area contributed by atoms with Crippen molar-refractivity contribution in [2.75, 3.05) is 23.8 Å². The third-order valence-corrected chi connectivity index (χ3v) is 6.33. The zero-order chi connectivity index (χ0) is 13.0. The summed E-state index contributed by atoms with van der Waals surface area (Å²) in [6.45, 7) is 5.01. The lowest BCUT2D eigenvalue weighted by atomic mass is 9.78. The van der Waals surface area contributed by atoms with Crippen LogP contribution in [0.2, 0.25) is 0 Å². The Kier molecular flexibility index (Phi) is 5.13. The van der Waals surface area contributed by atoms with Gasteiger partial charge in [0.05, 0.1) is 6.54 Å². The van der Waals surface area contributed by atoms with Gasteiger partial charge in [-0.15, -0.1) is 0 Å². The highest BCUT2D eigenvalue weighted by molar-refractivity contribution is 8.14. The summed E-state index contributed by atoms with van der Waals surface area (Å²) in [5, 5.41) is 4.72. The summed E-state index contributed by atoms with van der Waals surface area (Å²) in [7, 11) is -0.690. The van der Waals surface area contributed by atoms with E-state index >= 15 is 0 Å². The first-order chi connectivity index (χ1) is 8.63. The van der Waals surface area contributed by atoms with Crippen molar-refractivity contribution in [3.8, 4) is 0 Å². The fraction of sp³-hybridized carbons (Fsp3) is 0.923. The van der Waals surface area contributed by atoms with E-state index in [1.54, 1.807) is 0 Å².